The number of aliphatic hydroxyl groups is 1. The van der Waals surface area contributed by atoms with Crippen molar-refractivity contribution >= 4 is 34.2 Å². The Bertz CT molecular complexity index is 468. The zero-order valence-corrected chi connectivity index (χ0v) is 11.3. The topological polar surface area (TPSA) is 33.4 Å². The lowest BCUT2D eigenvalue weighted by atomic mass is 10.0. The Morgan fingerprint density at radius 2 is 2.19 bits per heavy atom. The molecule has 0 spiro atoms. The summed E-state index contributed by atoms with van der Waals surface area (Å²) in [5, 5.41) is 10.7. The van der Waals surface area contributed by atoms with Gasteiger partial charge in [0.2, 0.25) is 0 Å². The molecule has 1 aromatic carbocycles. The third kappa shape index (κ3) is 2.78. The highest BCUT2D eigenvalue weighted by molar-refractivity contribution is 14.1. The van der Waals surface area contributed by atoms with E-state index in [0.717, 1.165) is 14.7 Å². The van der Waals surface area contributed by atoms with Gasteiger partial charge >= 0.3 is 0 Å². The van der Waals surface area contributed by atoms with Crippen LogP contribution in [0.1, 0.15) is 17.2 Å². The quantitative estimate of drug-likeness (QED) is 0.856. The molecule has 1 aromatic heterocycles. The maximum absolute atomic E-state index is 10.1. The number of furan rings is 1. The van der Waals surface area contributed by atoms with Crippen LogP contribution in [-0.4, -0.2) is 5.11 Å². The predicted molar refractivity (Wildman–Crippen MR) is 71.5 cm³/mol. The van der Waals surface area contributed by atoms with E-state index in [4.69, 9.17) is 16.0 Å². The van der Waals surface area contributed by atoms with Crippen molar-refractivity contribution in [3.63, 3.8) is 0 Å². The maximum atomic E-state index is 10.1. The van der Waals surface area contributed by atoms with Crippen LogP contribution in [-0.2, 0) is 6.42 Å². The lowest BCUT2D eigenvalue weighted by Crippen LogP contribution is -2.03. The van der Waals surface area contributed by atoms with Crippen LogP contribution in [0.4, 0.5) is 0 Å². The van der Waals surface area contributed by atoms with E-state index in [1.54, 1.807) is 18.6 Å². The zero-order valence-electron chi connectivity index (χ0n) is 8.36. The SMILES string of the molecule is OC(Cc1ccoc1)c1cc(Cl)ccc1I. The van der Waals surface area contributed by atoms with E-state index in [1.165, 1.54) is 0 Å². The number of halogens is 2. The lowest BCUT2D eigenvalue weighted by molar-refractivity contribution is 0.177. The Labute approximate surface area is 112 Å². The summed E-state index contributed by atoms with van der Waals surface area (Å²) in [6.45, 7) is 0. The van der Waals surface area contributed by atoms with Gasteiger partial charge in [-0.3, -0.25) is 0 Å². The first-order chi connectivity index (χ1) is 7.66. The minimum absolute atomic E-state index is 0.535. The molecule has 2 aromatic rings. The Kier molecular flexibility index (Phi) is 3.89. The third-order valence-electron chi connectivity index (χ3n) is 2.33. The molecule has 1 heterocycles. The summed E-state index contributed by atoms with van der Waals surface area (Å²) in [6.07, 6.45) is 3.22. The minimum Gasteiger partial charge on any atom is -0.472 e. The van der Waals surface area contributed by atoms with E-state index in [-0.39, 0.29) is 0 Å². The highest BCUT2D eigenvalue weighted by atomic mass is 127. The van der Waals surface area contributed by atoms with Gasteiger partial charge in [0.05, 0.1) is 18.6 Å². The van der Waals surface area contributed by atoms with Gasteiger partial charge in [-0.25, -0.2) is 0 Å². The van der Waals surface area contributed by atoms with Gasteiger partial charge in [0.1, 0.15) is 0 Å². The molecule has 0 aliphatic rings. The summed E-state index contributed by atoms with van der Waals surface area (Å²) in [4.78, 5) is 0. The largest absolute Gasteiger partial charge is 0.472 e. The van der Waals surface area contributed by atoms with Gasteiger partial charge < -0.3 is 9.52 Å². The summed E-state index contributed by atoms with van der Waals surface area (Å²) < 4.78 is 5.98. The van der Waals surface area contributed by atoms with Crippen LogP contribution in [0, 0.1) is 3.57 Å². The molecule has 1 unspecified atom stereocenters. The normalized spacial score (nSPS) is 12.7. The molecule has 0 fully saturated rings. The Balaban J connectivity index is 2.20. The molecule has 0 saturated carbocycles. The molecule has 0 amide bonds. The standard InChI is InChI=1S/C12H10ClIO2/c13-9-1-2-11(14)10(6-9)12(15)5-8-3-4-16-7-8/h1-4,6-7,12,15H,5H2. The fourth-order valence-corrected chi connectivity index (χ4v) is 2.39. The van der Waals surface area contributed by atoms with Crippen molar-refractivity contribution in [1.29, 1.82) is 0 Å². The molecule has 16 heavy (non-hydrogen) atoms. The van der Waals surface area contributed by atoms with Crippen LogP contribution in [0.5, 0.6) is 0 Å². The summed E-state index contributed by atoms with van der Waals surface area (Å²) in [7, 11) is 0. The predicted octanol–water partition coefficient (Wildman–Crippen LogP) is 3.81. The summed E-state index contributed by atoms with van der Waals surface area (Å²) >= 11 is 8.10. The van der Waals surface area contributed by atoms with Gasteiger partial charge in [0.25, 0.3) is 0 Å². The highest BCUT2D eigenvalue weighted by Crippen LogP contribution is 2.26. The lowest BCUT2D eigenvalue weighted by Gasteiger charge is -2.12. The monoisotopic (exact) mass is 348 g/mol. The molecule has 0 bridgehead atoms. The molecule has 0 radical (unpaired) electrons. The van der Waals surface area contributed by atoms with E-state index in [2.05, 4.69) is 22.6 Å². The summed E-state index contributed by atoms with van der Waals surface area (Å²) in [6, 6.07) is 7.36. The molecule has 0 aliphatic heterocycles. The van der Waals surface area contributed by atoms with E-state index in [0.29, 0.717) is 11.4 Å². The first kappa shape index (κ1) is 12.0. The van der Waals surface area contributed by atoms with Gasteiger partial charge in [-0.05, 0) is 58.0 Å². The van der Waals surface area contributed by atoms with Crippen molar-refractivity contribution in [1.82, 2.24) is 0 Å². The average Bonchev–Trinajstić information content (AvgIpc) is 2.74. The first-order valence-corrected chi connectivity index (χ1v) is 6.26. The molecule has 0 saturated heterocycles. The third-order valence-corrected chi connectivity index (χ3v) is 3.54. The fourth-order valence-electron chi connectivity index (χ4n) is 1.51. The van der Waals surface area contributed by atoms with Crippen LogP contribution in [0.15, 0.2) is 41.2 Å². The number of benzene rings is 1. The average molecular weight is 349 g/mol. The molecule has 2 rings (SSSR count). The molecule has 2 nitrogen and oxygen atoms in total. The van der Waals surface area contributed by atoms with Gasteiger partial charge in [-0.2, -0.15) is 0 Å². The molecule has 1 atom stereocenters. The van der Waals surface area contributed by atoms with Crippen molar-refractivity contribution < 1.29 is 9.52 Å². The summed E-state index contributed by atoms with van der Waals surface area (Å²) in [5.74, 6) is 0. The Morgan fingerprint density at radius 1 is 1.38 bits per heavy atom. The smallest absolute Gasteiger partial charge is 0.0935 e. The maximum Gasteiger partial charge on any atom is 0.0935 e. The van der Waals surface area contributed by atoms with E-state index in [9.17, 15) is 5.11 Å². The van der Waals surface area contributed by atoms with Gasteiger partial charge in [-0.1, -0.05) is 11.6 Å². The molecule has 1 N–H and O–H groups in total. The van der Waals surface area contributed by atoms with Gasteiger partial charge in [-0.15, -0.1) is 0 Å². The fraction of sp³-hybridized carbons (Fsp3) is 0.167. The van der Waals surface area contributed by atoms with Crippen molar-refractivity contribution in [2.75, 3.05) is 0 Å². The van der Waals surface area contributed by atoms with Crippen LogP contribution < -0.4 is 0 Å². The van der Waals surface area contributed by atoms with Gasteiger partial charge in [0.15, 0.2) is 0 Å². The second-order valence-corrected chi connectivity index (χ2v) is 5.12. The number of aliphatic hydroxyl groups excluding tert-OH is 1. The molecular weight excluding hydrogens is 338 g/mol. The highest BCUT2D eigenvalue weighted by Gasteiger charge is 2.13. The van der Waals surface area contributed by atoms with Crippen molar-refractivity contribution in [3.05, 3.63) is 56.5 Å². The summed E-state index contributed by atoms with van der Waals surface area (Å²) in [5.41, 5.74) is 1.83. The first-order valence-electron chi connectivity index (χ1n) is 4.81. The zero-order chi connectivity index (χ0) is 11.5. The molecule has 4 heteroatoms. The molecular formula is C12H10ClIO2. The molecule has 0 aliphatic carbocycles. The van der Waals surface area contributed by atoms with Crippen molar-refractivity contribution in [2.45, 2.75) is 12.5 Å². The van der Waals surface area contributed by atoms with Crippen LogP contribution >= 0.6 is 34.2 Å². The Hall–Kier alpha value is -0.520. The Morgan fingerprint density at radius 3 is 2.88 bits per heavy atom. The second kappa shape index (κ2) is 5.21. The van der Waals surface area contributed by atoms with E-state index < -0.39 is 6.10 Å². The van der Waals surface area contributed by atoms with Gasteiger partial charge in [0, 0.05) is 15.0 Å². The van der Waals surface area contributed by atoms with Crippen LogP contribution in [0.25, 0.3) is 0 Å². The van der Waals surface area contributed by atoms with Crippen molar-refractivity contribution in [2.24, 2.45) is 0 Å². The number of rotatable bonds is 3. The second-order valence-electron chi connectivity index (χ2n) is 3.52. The van der Waals surface area contributed by atoms with Crippen molar-refractivity contribution in [3.8, 4) is 0 Å². The number of hydrogen-bond acceptors (Lipinski definition) is 2. The van der Waals surface area contributed by atoms with Crippen LogP contribution in [0.2, 0.25) is 5.02 Å². The van der Waals surface area contributed by atoms with Crippen LogP contribution in [0.3, 0.4) is 0 Å². The van der Waals surface area contributed by atoms with E-state index >= 15 is 0 Å². The van der Waals surface area contributed by atoms with E-state index in [1.807, 2.05) is 18.2 Å². The molecule has 84 valence electrons. The number of hydrogen-bond donors (Lipinski definition) is 1. The minimum atomic E-state index is -0.553.